The Morgan fingerprint density at radius 1 is 1.06 bits per heavy atom. The normalized spacial score (nSPS) is 18.2. The van der Waals surface area contributed by atoms with Crippen molar-refractivity contribution in [3.05, 3.63) is 46.2 Å². The number of rotatable bonds is 3. The van der Waals surface area contributed by atoms with E-state index in [0.29, 0.717) is 37.4 Å². The predicted octanol–water partition coefficient (Wildman–Crippen LogP) is 2.32. The number of aromatic amines is 1. The Kier molecular flexibility index (Phi) is 5.13. The summed E-state index contributed by atoms with van der Waals surface area (Å²) in [6.45, 7) is 3.73. The molecular weight excluding hydrogens is 445 g/mol. The van der Waals surface area contributed by atoms with Crippen molar-refractivity contribution < 1.29 is 22.8 Å². The number of alkyl halides is 3. The van der Waals surface area contributed by atoms with Gasteiger partial charge in [0.05, 0.1) is 16.5 Å². The van der Waals surface area contributed by atoms with Crippen molar-refractivity contribution in [1.29, 1.82) is 0 Å². The van der Waals surface area contributed by atoms with Crippen LogP contribution in [-0.2, 0) is 6.18 Å². The number of hydrogen-bond donors (Lipinski definition) is 1. The molecule has 0 atom stereocenters. The lowest BCUT2D eigenvalue weighted by Gasteiger charge is -2.47. The van der Waals surface area contributed by atoms with Gasteiger partial charge in [0.1, 0.15) is 17.1 Å². The van der Waals surface area contributed by atoms with Gasteiger partial charge in [-0.3, -0.25) is 14.5 Å². The first-order chi connectivity index (χ1) is 15.3. The van der Waals surface area contributed by atoms with Crippen molar-refractivity contribution in [2.75, 3.05) is 39.3 Å². The van der Waals surface area contributed by atoms with Crippen LogP contribution in [0.3, 0.4) is 0 Å². The molecule has 2 amide bonds. The van der Waals surface area contributed by atoms with E-state index in [1.54, 1.807) is 20.7 Å². The number of piperazine rings is 1. The standard InChI is InChI=1S/C20H19F3N6O2S/c21-20(22,23)17-2-1-13-14(26-17)7-15(25-13)18(30)29-8-12(9-29)27-3-5-28(6-4-27)19(31)16-10-32-11-24-16/h1-2,7,10-12,25H,3-6,8-9H2. The highest BCUT2D eigenvalue weighted by molar-refractivity contribution is 7.07. The summed E-state index contributed by atoms with van der Waals surface area (Å²) in [5, 5.41) is 1.74. The first kappa shape index (κ1) is 20.9. The van der Waals surface area contributed by atoms with Crippen molar-refractivity contribution in [3.8, 4) is 0 Å². The second-order valence-corrected chi connectivity index (χ2v) is 8.59. The zero-order valence-corrected chi connectivity index (χ0v) is 17.6. The van der Waals surface area contributed by atoms with Gasteiger partial charge in [0.25, 0.3) is 11.8 Å². The van der Waals surface area contributed by atoms with Crippen LogP contribution in [0, 0.1) is 0 Å². The number of thiazole rings is 1. The molecule has 12 heteroatoms. The summed E-state index contributed by atoms with van der Waals surface area (Å²) in [6.07, 6.45) is -4.53. The van der Waals surface area contributed by atoms with Gasteiger partial charge in [-0.25, -0.2) is 9.97 Å². The van der Waals surface area contributed by atoms with Gasteiger partial charge in [0.2, 0.25) is 0 Å². The topological polar surface area (TPSA) is 85.4 Å². The van der Waals surface area contributed by atoms with Crippen LogP contribution < -0.4 is 0 Å². The molecule has 2 aliphatic rings. The Morgan fingerprint density at radius 3 is 2.47 bits per heavy atom. The van der Waals surface area contributed by atoms with E-state index < -0.39 is 11.9 Å². The predicted molar refractivity (Wildman–Crippen MR) is 110 cm³/mol. The summed E-state index contributed by atoms with van der Waals surface area (Å²) in [5.74, 6) is -0.317. The van der Waals surface area contributed by atoms with Crippen LogP contribution in [0.2, 0.25) is 0 Å². The molecule has 0 bridgehead atoms. The Hall–Kier alpha value is -2.99. The number of H-pyrrole nitrogens is 1. The molecular formula is C20H19F3N6O2S. The number of pyridine rings is 1. The number of likely N-dealkylation sites (tertiary alicyclic amines) is 1. The molecule has 2 fully saturated rings. The molecule has 0 spiro atoms. The largest absolute Gasteiger partial charge is 0.433 e. The van der Waals surface area contributed by atoms with E-state index >= 15 is 0 Å². The fourth-order valence-electron chi connectivity index (χ4n) is 4.07. The summed E-state index contributed by atoms with van der Waals surface area (Å²) in [5.41, 5.74) is 1.85. The van der Waals surface area contributed by atoms with Crippen molar-refractivity contribution in [1.82, 2.24) is 29.7 Å². The second kappa shape index (κ2) is 7.85. The van der Waals surface area contributed by atoms with Crippen molar-refractivity contribution >= 4 is 34.2 Å². The molecule has 0 aliphatic carbocycles. The average molecular weight is 464 g/mol. The minimum atomic E-state index is -4.53. The lowest BCUT2D eigenvalue weighted by atomic mass is 10.1. The smallest absolute Gasteiger partial charge is 0.349 e. The van der Waals surface area contributed by atoms with Gasteiger partial charge in [-0.05, 0) is 18.2 Å². The number of aromatic nitrogens is 3. The maximum absolute atomic E-state index is 12.9. The average Bonchev–Trinajstić information content (AvgIpc) is 3.41. The molecule has 3 aromatic rings. The first-order valence-electron chi connectivity index (χ1n) is 10.1. The van der Waals surface area contributed by atoms with Crippen LogP contribution in [0.15, 0.2) is 29.1 Å². The third kappa shape index (κ3) is 3.84. The highest BCUT2D eigenvalue weighted by Crippen LogP contribution is 2.29. The number of halogens is 3. The monoisotopic (exact) mass is 464 g/mol. The summed E-state index contributed by atoms with van der Waals surface area (Å²) in [7, 11) is 0. The maximum atomic E-state index is 12.9. The summed E-state index contributed by atoms with van der Waals surface area (Å²) in [4.78, 5) is 41.4. The van der Waals surface area contributed by atoms with Crippen molar-refractivity contribution in [2.45, 2.75) is 12.2 Å². The van der Waals surface area contributed by atoms with E-state index in [9.17, 15) is 22.8 Å². The van der Waals surface area contributed by atoms with E-state index in [4.69, 9.17) is 0 Å². The molecule has 2 aliphatic heterocycles. The van der Waals surface area contributed by atoms with Gasteiger partial charge in [-0.2, -0.15) is 13.2 Å². The number of carbonyl (C=O) groups is 2. The number of nitrogens with zero attached hydrogens (tertiary/aromatic N) is 5. The molecule has 8 nitrogen and oxygen atoms in total. The number of carbonyl (C=O) groups excluding carboxylic acids is 2. The van der Waals surface area contributed by atoms with Crippen LogP contribution in [0.4, 0.5) is 13.2 Å². The number of nitrogens with one attached hydrogen (secondary N) is 1. The summed E-state index contributed by atoms with van der Waals surface area (Å²) >= 11 is 1.39. The van der Waals surface area contributed by atoms with E-state index in [1.165, 1.54) is 23.5 Å². The SMILES string of the molecule is O=C(c1cscn1)N1CCN(C2CN(C(=O)c3cc4nc(C(F)(F)F)ccc4[nH]3)C2)CC1. The van der Waals surface area contributed by atoms with Crippen molar-refractivity contribution in [3.63, 3.8) is 0 Å². The second-order valence-electron chi connectivity index (χ2n) is 7.88. The first-order valence-corrected chi connectivity index (χ1v) is 11.0. The molecule has 3 aromatic heterocycles. The molecule has 168 valence electrons. The van der Waals surface area contributed by atoms with E-state index in [-0.39, 0.29) is 29.1 Å². The Labute approximate surface area is 184 Å². The lowest BCUT2D eigenvalue weighted by molar-refractivity contribution is -0.140. The van der Waals surface area contributed by atoms with Gasteiger partial charge >= 0.3 is 6.18 Å². The Balaban J connectivity index is 1.16. The summed E-state index contributed by atoms with van der Waals surface area (Å²) < 4.78 is 38.6. The molecule has 1 N–H and O–H groups in total. The Bertz CT molecular complexity index is 1150. The number of fused-ring (bicyclic) bond motifs is 1. The van der Waals surface area contributed by atoms with Gasteiger partial charge in [-0.15, -0.1) is 11.3 Å². The molecule has 0 aromatic carbocycles. The van der Waals surface area contributed by atoms with Gasteiger partial charge in [-0.1, -0.05) is 0 Å². The van der Waals surface area contributed by atoms with Crippen LogP contribution >= 0.6 is 11.3 Å². The van der Waals surface area contributed by atoms with Crippen LogP contribution in [0.5, 0.6) is 0 Å². The zero-order chi connectivity index (χ0) is 22.5. The zero-order valence-electron chi connectivity index (χ0n) is 16.8. The molecule has 2 saturated heterocycles. The quantitative estimate of drug-likeness (QED) is 0.643. The molecule has 0 radical (unpaired) electrons. The highest BCUT2D eigenvalue weighted by atomic mass is 32.1. The third-order valence-corrected chi connectivity index (χ3v) is 6.50. The fourth-order valence-corrected chi connectivity index (χ4v) is 4.60. The number of amides is 2. The van der Waals surface area contributed by atoms with Gasteiger partial charge in [0, 0.05) is 50.7 Å². The van der Waals surface area contributed by atoms with Gasteiger partial charge < -0.3 is 14.8 Å². The van der Waals surface area contributed by atoms with Crippen molar-refractivity contribution in [2.24, 2.45) is 0 Å². The van der Waals surface area contributed by atoms with Gasteiger partial charge in [0.15, 0.2) is 0 Å². The minimum absolute atomic E-state index is 0.0579. The third-order valence-electron chi connectivity index (χ3n) is 5.91. The molecule has 32 heavy (non-hydrogen) atoms. The van der Waals surface area contributed by atoms with Crippen LogP contribution in [0.25, 0.3) is 11.0 Å². The molecule has 5 heterocycles. The van der Waals surface area contributed by atoms with E-state index in [2.05, 4.69) is 19.9 Å². The molecule has 0 saturated carbocycles. The fraction of sp³-hybridized carbons (Fsp3) is 0.400. The summed E-state index contributed by atoms with van der Waals surface area (Å²) in [6, 6.07) is 3.75. The van der Waals surface area contributed by atoms with Crippen LogP contribution in [-0.4, -0.2) is 86.8 Å². The van der Waals surface area contributed by atoms with E-state index in [1.807, 2.05) is 0 Å². The number of hydrogen-bond acceptors (Lipinski definition) is 6. The lowest BCUT2D eigenvalue weighted by Crippen LogP contribution is -2.64. The van der Waals surface area contributed by atoms with Crippen LogP contribution in [0.1, 0.15) is 26.7 Å². The minimum Gasteiger partial charge on any atom is -0.349 e. The van der Waals surface area contributed by atoms with E-state index in [0.717, 1.165) is 19.2 Å². The maximum Gasteiger partial charge on any atom is 0.433 e. The Morgan fingerprint density at radius 2 is 1.81 bits per heavy atom. The molecule has 5 rings (SSSR count). The highest BCUT2D eigenvalue weighted by Gasteiger charge is 2.38. The molecule has 0 unspecified atom stereocenters.